The number of benzene rings is 1. The van der Waals surface area contributed by atoms with E-state index in [1.165, 1.54) is 0 Å². The number of halogens is 1. The third-order valence-corrected chi connectivity index (χ3v) is 2.48. The lowest BCUT2D eigenvalue weighted by Gasteiger charge is -2.08. The first-order chi connectivity index (χ1) is 8.77. The molecule has 0 saturated heterocycles. The molecule has 4 nitrogen and oxygen atoms in total. The van der Waals surface area contributed by atoms with E-state index in [4.69, 9.17) is 31.1 Å². The van der Waals surface area contributed by atoms with Crippen LogP contribution in [0.4, 0.5) is 0 Å². The molecule has 0 aliphatic heterocycles. The SMILES string of the molecule is COCCCOCCOc1ccc(C#N)cc1Cl. The van der Waals surface area contributed by atoms with Crippen LogP contribution in [0.1, 0.15) is 12.0 Å². The molecule has 1 aromatic carbocycles. The molecule has 0 unspecified atom stereocenters. The fraction of sp³-hybridized carbons (Fsp3) is 0.462. The molecule has 18 heavy (non-hydrogen) atoms. The second-order valence-corrected chi connectivity index (χ2v) is 3.97. The summed E-state index contributed by atoms with van der Waals surface area (Å²) in [6, 6.07) is 6.95. The van der Waals surface area contributed by atoms with Crippen LogP contribution in [0.15, 0.2) is 18.2 Å². The summed E-state index contributed by atoms with van der Waals surface area (Å²) in [5, 5.41) is 9.13. The molecule has 0 saturated carbocycles. The van der Waals surface area contributed by atoms with Gasteiger partial charge in [-0.3, -0.25) is 0 Å². The minimum Gasteiger partial charge on any atom is -0.490 e. The van der Waals surface area contributed by atoms with Crippen LogP contribution in [-0.4, -0.2) is 33.5 Å². The number of hydrogen-bond donors (Lipinski definition) is 0. The summed E-state index contributed by atoms with van der Waals surface area (Å²) in [6.07, 6.45) is 0.869. The van der Waals surface area contributed by atoms with E-state index in [0.29, 0.717) is 42.8 Å². The van der Waals surface area contributed by atoms with Gasteiger partial charge in [0, 0.05) is 20.3 Å². The second kappa shape index (κ2) is 8.76. The molecular weight excluding hydrogens is 254 g/mol. The van der Waals surface area contributed by atoms with Crippen LogP contribution in [0.25, 0.3) is 0 Å². The van der Waals surface area contributed by atoms with Crippen molar-refractivity contribution < 1.29 is 14.2 Å². The van der Waals surface area contributed by atoms with Crippen LogP contribution in [0.5, 0.6) is 5.75 Å². The maximum absolute atomic E-state index is 8.69. The largest absolute Gasteiger partial charge is 0.490 e. The monoisotopic (exact) mass is 269 g/mol. The van der Waals surface area contributed by atoms with E-state index in [0.717, 1.165) is 6.42 Å². The smallest absolute Gasteiger partial charge is 0.138 e. The predicted octanol–water partition coefficient (Wildman–Crippen LogP) is 2.64. The van der Waals surface area contributed by atoms with Gasteiger partial charge in [-0.2, -0.15) is 5.26 Å². The number of ether oxygens (including phenoxy) is 3. The van der Waals surface area contributed by atoms with Gasteiger partial charge in [0.05, 0.1) is 23.3 Å². The molecule has 0 bridgehead atoms. The Kier molecular flexibility index (Phi) is 7.19. The maximum atomic E-state index is 8.69. The first kappa shape index (κ1) is 14.8. The first-order valence-electron chi connectivity index (χ1n) is 5.67. The molecule has 1 rings (SSSR count). The summed E-state index contributed by atoms with van der Waals surface area (Å²) in [5.74, 6) is 0.566. The molecule has 0 aliphatic rings. The molecule has 1 aromatic rings. The van der Waals surface area contributed by atoms with E-state index in [-0.39, 0.29) is 0 Å². The van der Waals surface area contributed by atoms with Crippen molar-refractivity contribution in [1.29, 1.82) is 5.26 Å². The van der Waals surface area contributed by atoms with Crippen molar-refractivity contribution in [3.63, 3.8) is 0 Å². The summed E-state index contributed by atoms with van der Waals surface area (Å²) in [5.41, 5.74) is 0.517. The van der Waals surface area contributed by atoms with E-state index in [1.54, 1.807) is 25.3 Å². The lowest BCUT2D eigenvalue weighted by molar-refractivity contribution is 0.0807. The van der Waals surface area contributed by atoms with Crippen molar-refractivity contribution in [1.82, 2.24) is 0 Å². The highest BCUT2D eigenvalue weighted by Gasteiger charge is 2.02. The molecular formula is C13H16ClNO3. The van der Waals surface area contributed by atoms with Crippen LogP contribution in [0, 0.1) is 11.3 Å². The Labute approximate surface area is 112 Å². The molecule has 0 aliphatic carbocycles. The standard InChI is InChI=1S/C13H16ClNO3/c1-16-5-2-6-17-7-8-18-13-4-3-11(10-15)9-12(13)14/h3-4,9H,2,5-8H2,1H3. The van der Waals surface area contributed by atoms with Crippen LogP contribution >= 0.6 is 11.6 Å². The quantitative estimate of drug-likeness (QED) is 0.681. The molecule has 0 fully saturated rings. The van der Waals surface area contributed by atoms with E-state index in [1.807, 2.05) is 6.07 Å². The summed E-state index contributed by atoms with van der Waals surface area (Å²) < 4.78 is 15.7. The second-order valence-electron chi connectivity index (χ2n) is 3.56. The van der Waals surface area contributed by atoms with Crippen molar-refractivity contribution in [2.45, 2.75) is 6.42 Å². The Morgan fingerprint density at radius 1 is 1.22 bits per heavy atom. The average molecular weight is 270 g/mol. The van der Waals surface area contributed by atoms with Crippen LogP contribution in [0.3, 0.4) is 0 Å². The predicted molar refractivity (Wildman–Crippen MR) is 69.0 cm³/mol. The molecule has 0 amide bonds. The van der Waals surface area contributed by atoms with Gasteiger partial charge >= 0.3 is 0 Å². The Bertz CT molecular complexity index is 404. The van der Waals surface area contributed by atoms with Crippen molar-refractivity contribution in [3.05, 3.63) is 28.8 Å². The van der Waals surface area contributed by atoms with Gasteiger partial charge in [-0.15, -0.1) is 0 Å². The topological polar surface area (TPSA) is 51.5 Å². The number of hydrogen-bond acceptors (Lipinski definition) is 4. The van der Waals surface area contributed by atoms with Gasteiger partial charge in [-0.1, -0.05) is 11.6 Å². The minimum absolute atomic E-state index is 0.429. The van der Waals surface area contributed by atoms with Gasteiger partial charge in [0.25, 0.3) is 0 Å². The molecule has 5 heteroatoms. The zero-order valence-corrected chi connectivity index (χ0v) is 11.1. The summed E-state index contributed by atoms with van der Waals surface area (Å²) >= 11 is 5.96. The first-order valence-corrected chi connectivity index (χ1v) is 6.05. The molecule has 0 radical (unpaired) electrons. The highest BCUT2D eigenvalue weighted by Crippen LogP contribution is 2.24. The lowest BCUT2D eigenvalue weighted by atomic mass is 10.2. The minimum atomic E-state index is 0.429. The highest BCUT2D eigenvalue weighted by molar-refractivity contribution is 6.32. The average Bonchev–Trinajstić information content (AvgIpc) is 2.39. The molecule has 0 N–H and O–H groups in total. The van der Waals surface area contributed by atoms with Gasteiger partial charge < -0.3 is 14.2 Å². The normalized spacial score (nSPS) is 10.1. The Balaban J connectivity index is 2.21. The Morgan fingerprint density at radius 3 is 2.72 bits per heavy atom. The molecule has 0 heterocycles. The molecule has 0 aromatic heterocycles. The lowest BCUT2D eigenvalue weighted by Crippen LogP contribution is -2.08. The summed E-state index contributed by atoms with van der Waals surface area (Å²) in [7, 11) is 1.66. The maximum Gasteiger partial charge on any atom is 0.138 e. The van der Waals surface area contributed by atoms with Gasteiger partial charge in [0.15, 0.2) is 0 Å². The van der Waals surface area contributed by atoms with Gasteiger partial charge in [0.1, 0.15) is 12.4 Å². The van der Waals surface area contributed by atoms with Gasteiger partial charge in [0.2, 0.25) is 0 Å². The summed E-state index contributed by atoms with van der Waals surface area (Å²) in [4.78, 5) is 0. The van der Waals surface area contributed by atoms with E-state index in [2.05, 4.69) is 0 Å². The Morgan fingerprint density at radius 2 is 2.06 bits per heavy atom. The van der Waals surface area contributed by atoms with Crippen molar-refractivity contribution in [3.8, 4) is 11.8 Å². The van der Waals surface area contributed by atoms with Crippen LogP contribution < -0.4 is 4.74 Å². The fourth-order valence-electron chi connectivity index (χ4n) is 1.31. The van der Waals surface area contributed by atoms with Gasteiger partial charge in [-0.25, -0.2) is 0 Å². The van der Waals surface area contributed by atoms with Crippen molar-refractivity contribution >= 4 is 11.6 Å². The Hall–Kier alpha value is -1.28. The number of rotatable bonds is 8. The van der Waals surface area contributed by atoms with Crippen LogP contribution in [0.2, 0.25) is 5.02 Å². The third kappa shape index (κ3) is 5.37. The highest BCUT2D eigenvalue weighted by atomic mass is 35.5. The zero-order valence-electron chi connectivity index (χ0n) is 10.3. The van der Waals surface area contributed by atoms with Crippen molar-refractivity contribution in [2.24, 2.45) is 0 Å². The molecule has 0 spiro atoms. The number of nitrogens with zero attached hydrogens (tertiary/aromatic N) is 1. The van der Waals surface area contributed by atoms with Gasteiger partial charge in [-0.05, 0) is 24.6 Å². The van der Waals surface area contributed by atoms with Crippen molar-refractivity contribution in [2.75, 3.05) is 33.5 Å². The molecule has 0 atom stereocenters. The van der Waals surface area contributed by atoms with E-state index >= 15 is 0 Å². The summed E-state index contributed by atoms with van der Waals surface area (Å²) in [6.45, 7) is 2.28. The molecule has 98 valence electrons. The number of methoxy groups -OCH3 is 1. The third-order valence-electron chi connectivity index (χ3n) is 2.18. The van der Waals surface area contributed by atoms with E-state index in [9.17, 15) is 0 Å². The van der Waals surface area contributed by atoms with E-state index < -0.39 is 0 Å². The number of nitriles is 1. The zero-order chi connectivity index (χ0) is 13.2. The fourth-order valence-corrected chi connectivity index (χ4v) is 1.54. The van der Waals surface area contributed by atoms with Crippen LogP contribution in [-0.2, 0) is 9.47 Å².